The van der Waals surface area contributed by atoms with Gasteiger partial charge in [-0.25, -0.2) is 19.5 Å². The van der Waals surface area contributed by atoms with Crippen LogP contribution in [0.25, 0.3) is 5.82 Å². The Balaban J connectivity index is 1.79. The Hall–Kier alpha value is -3.10. The van der Waals surface area contributed by atoms with Gasteiger partial charge in [0.1, 0.15) is 5.60 Å². The average Bonchev–Trinajstić information content (AvgIpc) is 3.19. The van der Waals surface area contributed by atoms with E-state index in [0.717, 1.165) is 30.3 Å². The average molecular weight is 402 g/mol. The number of amides is 1. The van der Waals surface area contributed by atoms with Crippen molar-refractivity contribution in [3.05, 3.63) is 42.4 Å². The molecule has 0 saturated carbocycles. The lowest BCUT2D eigenvalue weighted by atomic mass is 10.2. The topological polar surface area (TPSA) is 105 Å². The first kappa shape index (κ1) is 22.2. The zero-order valence-electron chi connectivity index (χ0n) is 17.6. The second kappa shape index (κ2) is 11.0. The highest BCUT2D eigenvalue weighted by Gasteiger charge is 2.15. The second-order valence-corrected chi connectivity index (χ2v) is 7.38. The van der Waals surface area contributed by atoms with Gasteiger partial charge in [-0.2, -0.15) is 5.10 Å². The van der Waals surface area contributed by atoms with E-state index < -0.39 is 11.7 Å². The molecule has 2 heterocycles. The number of ether oxygens (including phenoxy) is 1. The summed E-state index contributed by atoms with van der Waals surface area (Å²) in [6.07, 6.45) is 5.68. The quantitative estimate of drug-likeness (QED) is 0.356. The molecule has 9 heteroatoms. The smallest absolute Gasteiger partial charge is 0.407 e. The van der Waals surface area contributed by atoms with Crippen LogP contribution in [0.2, 0.25) is 0 Å². The number of aromatic nitrogens is 3. The van der Waals surface area contributed by atoms with Crippen LogP contribution in [0.1, 0.15) is 39.7 Å². The Morgan fingerprint density at radius 2 is 2.00 bits per heavy atom. The third-order valence-electron chi connectivity index (χ3n) is 3.63. The molecule has 2 aromatic rings. The van der Waals surface area contributed by atoms with Crippen molar-refractivity contribution in [1.29, 1.82) is 0 Å². The second-order valence-electron chi connectivity index (χ2n) is 7.38. The van der Waals surface area contributed by atoms with E-state index >= 15 is 0 Å². The van der Waals surface area contributed by atoms with Crippen LogP contribution in [0.5, 0.6) is 0 Å². The highest BCUT2D eigenvalue weighted by molar-refractivity contribution is 5.79. The highest BCUT2D eigenvalue weighted by Crippen LogP contribution is 2.07. The van der Waals surface area contributed by atoms with Gasteiger partial charge in [-0.15, -0.1) is 0 Å². The molecule has 29 heavy (non-hydrogen) atoms. The van der Waals surface area contributed by atoms with E-state index in [1.807, 2.05) is 52.1 Å². The van der Waals surface area contributed by atoms with E-state index in [0.29, 0.717) is 19.6 Å². The van der Waals surface area contributed by atoms with Crippen LogP contribution in [0.4, 0.5) is 4.79 Å². The van der Waals surface area contributed by atoms with Crippen LogP contribution in [-0.4, -0.2) is 52.1 Å². The van der Waals surface area contributed by atoms with Gasteiger partial charge in [0.25, 0.3) is 0 Å². The molecule has 2 rings (SSSR count). The maximum Gasteiger partial charge on any atom is 0.407 e. The zero-order valence-corrected chi connectivity index (χ0v) is 17.6. The van der Waals surface area contributed by atoms with Crippen LogP contribution in [0.3, 0.4) is 0 Å². The number of carbonyl (C=O) groups is 1. The van der Waals surface area contributed by atoms with Gasteiger partial charge in [0.2, 0.25) is 0 Å². The molecule has 0 atom stereocenters. The normalized spacial score (nSPS) is 11.8. The van der Waals surface area contributed by atoms with E-state index in [1.54, 1.807) is 17.1 Å². The number of hydrogen-bond donors (Lipinski definition) is 3. The van der Waals surface area contributed by atoms with Crippen molar-refractivity contribution < 1.29 is 9.53 Å². The van der Waals surface area contributed by atoms with E-state index in [4.69, 9.17) is 4.74 Å². The van der Waals surface area contributed by atoms with Crippen molar-refractivity contribution in [2.75, 3.05) is 19.6 Å². The summed E-state index contributed by atoms with van der Waals surface area (Å²) in [5.74, 6) is 1.48. The predicted octanol–water partition coefficient (Wildman–Crippen LogP) is 2.24. The number of hydrogen-bond acceptors (Lipinski definition) is 5. The number of rotatable bonds is 8. The summed E-state index contributed by atoms with van der Waals surface area (Å²) in [7, 11) is 0. The number of carbonyl (C=O) groups excluding carboxylic acids is 1. The van der Waals surface area contributed by atoms with Crippen LogP contribution in [0, 0.1) is 0 Å². The van der Waals surface area contributed by atoms with Gasteiger partial charge in [0.15, 0.2) is 11.8 Å². The molecule has 0 unspecified atom stereocenters. The summed E-state index contributed by atoms with van der Waals surface area (Å²) >= 11 is 0. The van der Waals surface area contributed by atoms with E-state index in [9.17, 15) is 4.79 Å². The molecule has 1 amide bonds. The third-order valence-corrected chi connectivity index (χ3v) is 3.63. The molecule has 0 fully saturated rings. The molecule has 0 spiro atoms. The minimum absolute atomic E-state index is 0.399. The van der Waals surface area contributed by atoms with Crippen molar-refractivity contribution in [2.45, 2.75) is 46.3 Å². The first-order valence-electron chi connectivity index (χ1n) is 9.81. The molecule has 0 aliphatic carbocycles. The molecule has 0 radical (unpaired) electrons. The number of guanidine groups is 1. The maximum atomic E-state index is 11.6. The molecule has 0 aromatic carbocycles. The number of nitrogens with zero attached hydrogens (tertiary/aromatic N) is 4. The largest absolute Gasteiger partial charge is 0.444 e. The minimum Gasteiger partial charge on any atom is -0.444 e. The SMILES string of the molecule is CCNC(=NCc1ccnc(-n2cccn2)c1)NCCCNC(=O)OC(C)(C)C. The standard InChI is InChI=1S/C20H31N7O2/c1-5-21-18(23-9-6-10-24-19(28)29-20(2,3)4)25-15-16-8-12-22-17(14-16)27-13-7-11-26-27/h7-8,11-14H,5-6,9-10,15H2,1-4H3,(H,24,28)(H2,21,23,25). The lowest BCUT2D eigenvalue weighted by molar-refractivity contribution is 0.0527. The van der Waals surface area contributed by atoms with Crippen molar-refractivity contribution in [1.82, 2.24) is 30.7 Å². The van der Waals surface area contributed by atoms with E-state index in [2.05, 4.69) is 31.0 Å². The zero-order chi connectivity index (χ0) is 21.1. The molecule has 9 nitrogen and oxygen atoms in total. The van der Waals surface area contributed by atoms with Gasteiger partial charge < -0.3 is 20.7 Å². The number of nitrogens with one attached hydrogen (secondary N) is 3. The minimum atomic E-state index is -0.489. The molecular formula is C20H31N7O2. The number of pyridine rings is 1. The number of alkyl carbamates (subject to hydrolysis) is 1. The fourth-order valence-electron chi connectivity index (χ4n) is 2.40. The van der Waals surface area contributed by atoms with Crippen molar-refractivity contribution in [3.8, 4) is 5.82 Å². The molecular weight excluding hydrogens is 370 g/mol. The Labute approximate surface area is 172 Å². The first-order valence-corrected chi connectivity index (χ1v) is 9.81. The highest BCUT2D eigenvalue weighted by atomic mass is 16.6. The summed E-state index contributed by atoms with van der Waals surface area (Å²) in [6, 6.07) is 5.76. The van der Waals surface area contributed by atoms with Crippen LogP contribution < -0.4 is 16.0 Å². The molecule has 2 aromatic heterocycles. The van der Waals surface area contributed by atoms with E-state index in [1.165, 1.54) is 0 Å². The Kier molecular flexibility index (Phi) is 8.45. The van der Waals surface area contributed by atoms with Crippen molar-refractivity contribution in [3.63, 3.8) is 0 Å². The number of aliphatic imine (C=N–C) groups is 1. The van der Waals surface area contributed by atoms with E-state index in [-0.39, 0.29) is 0 Å². The third kappa shape index (κ3) is 8.63. The molecule has 0 bridgehead atoms. The molecule has 0 aliphatic heterocycles. The predicted molar refractivity (Wildman–Crippen MR) is 113 cm³/mol. The fourth-order valence-corrected chi connectivity index (χ4v) is 2.40. The summed E-state index contributed by atoms with van der Waals surface area (Å²) in [4.78, 5) is 20.6. The fraction of sp³-hybridized carbons (Fsp3) is 0.500. The van der Waals surface area contributed by atoms with Gasteiger partial charge in [-0.1, -0.05) is 0 Å². The monoisotopic (exact) mass is 401 g/mol. The Bertz CT molecular complexity index is 782. The summed E-state index contributed by atoms with van der Waals surface area (Å²) in [5, 5.41) is 13.4. The van der Waals surface area contributed by atoms with Gasteiger partial charge >= 0.3 is 6.09 Å². The van der Waals surface area contributed by atoms with Crippen molar-refractivity contribution >= 4 is 12.1 Å². The Morgan fingerprint density at radius 3 is 2.69 bits per heavy atom. The van der Waals surface area contributed by atoms with Crippen LogP contribution in [0.15, 0.2) is 41.8 Å². The van der Waals surface area contributed by atoms with Crippen LogP contribution >= 0.6 is 0 Å². The maximum absolute atomic E-state index is 11.6. The summed E-state index contributed by atoms with van der Waals surface area (Å²) < 4.78 is 6.93. The molecule has 3 N–H and O–H groups in total. The lowest BCUT2D eigenvalue weighted by Crippen LogP contribution is -2.39. The van der Waals surface area contributed by atoms with Crippen molar-refractivity contribution in [2.24, 2.45) is 4.99 Å². The van der Waals surface area contributed by atoms with Gasteiger partial charge in [0, 0.05) is 38.2 Å². The van der Waals surface area contributed by atoms with Gasteiger partial charge in [-0.3, -0.25) is 0 Å². The molecule has 158 valence electrons. The summed E-state index contributed by atoms with van der Waals surface area (Å²) in [6.45, 7) is 10.0. The molecule has 0 saturated heterocycles. The van der Waals surface area contributed by atoms with Gasteiger partial charge in [0.05, 0.1) is 6.54 Å². The van der Waals surface area contributed by atoms with Crippen LogP contribution in [-0.2, 0) is 11.3 Å². The summed E-state index contributed by atoms with van der Waals surface area (Å²) in [5.41, 5.74) is 0.548. The Morgan fingerprint density at radius 1 is 1.21 bits per heavy atom. The van der Waals surface area contributed by atoms with Gasteiger partial charge in [-0.05, 0) is 57.9 Å². The first-order chi connectivity index (χ1) is 13.9. The molecule has 0 aliphatic rings. The lowest BCUT2D eigenvalue weighted by Gasteiger charge is -2.19.